The van der Waals surface area contributed by atoms with Gasteiger partial charge in [0.25, 0.3) is 5.91 Å². The van der Waals surface area contributed by atoms with Crippen molar-refractivity contribution >= 4 is 23.5 Å². The summed E-state index contributed by atoms with van der Waals surface area (Å²) in [6.45, 7) is 13.2. The largest absolute Gasteiger partial charge is 0.461 e. The van der Waals surface area contributed by atoms with Crippen molar-refractivity contribution in [1.29, 1.82) is 0 Å². The van der Waals surface area contributed by atoms with Crippen LogP contribution in [0.3, 0.4) is 0 Å². The second-order valence-corrected chi connectivity index (χ2v) is 9.99. The first kappa shape index (κ1) is 26.1. The number of carbonyl (C=O) groups excluding carboxylic acids is 3. The van der Waals surface area contributed by atoms with Crippen molar-refractivity contribution in [3.63, 3.8) is 0 Å². The molecule has 1 aromatic rings. The highest BCUT2D eigenvalue weighted by Crippen LogP contribution is 2.59. The molecule has 2 amide bonds. The van der Waals surface area contributed by atoms with Crippen LogP contribution in [0.15, 0.2) is 43.5 Å². The van der Waals surface area contributed by atoms with Gasteiger partial charge in [-0.25, -0.2) is 0 Å². The fraction of sp³-hybridized carbons (Fsp3) is 0.536. The molecular formula is C28H36N2O6. The number of hydrogen-bond acceptors (Lipinski definition) is 6. The number of fused-ring (bicyclic) bond motifs is 1. The number of anilines is 1. The van der Waals surface area contributed by atoms with Gasteiger partial charge in [0.2, 0.25) is 5.91 Å². The molecule has 0 aromatic heterocycles. The Kier molecular flexibility index (Phi) is 7.38. The smallest absolute Gasteiger partial charge is 0.312 e. The molecule has 0 radical (unpaired) electrons. The number of amides is 2. The highest BCUT2D eigenvalue weighted by atomic mass is 16.6. The number of esters is 1. The molecule has 3 aliphatic rings. The Bertz CT molecular complexity index is 1070. The van der Waals surface area contributed by atoms with Crippen molar-refractivity contribution in [3.05, 3.63) is 54.6 Å². The van der Waals surface area contributed by atoms with Crippen molar-refractivity contribution < 1.29 is 29.0 Å². The van der Waals surface area contributed by atoms with Gasteiger partial charge in [0.05, 0.1) is 30.6 Å². The Morgan fingerprint density at radius 2 is 2.08 bits per heavy atom. The molecule has 0 saturated carbocycles. The van der Waals surface area contributed by atoms with Crippen molar-refractivity contribution in [1.82, 2.24) is 4.90 Å². The third-order valence-corrected chi connectivity index (χ3v) is 7.90. The van der Waals surface area contributed by atoms with Crippen LogP contribution in [0.5, 0.6) is 0 Å². The molecule has 1 spiro atoms. The van der Waals surface area contributed by atoms with Gasteiger partial charge in [0, 0.05) is 12.2 Å². The Balaban J connectivity index is 1.82. The fourth-order valence-electron chi connectivity index (χ4n) is 6.28. The lowest BCUT2D eigenvalue weighted by molar-refractivity contribution is -0.154. The van der Waals surface area contributed by atoms with Gasteiger partial charge in [-0.15, -0.1) is 6.58 Å². The number of rotatable bonds is 10. The maximum Gasteiger partial charge on any atom is 0.312 e. The molecule has 1 N–H and O–H groups in total. The Labute approximate surface area is 212 Å². The van der Waals surface area contributed by atoms with Crippen LogP contribution >= 0.6 is 0 Å². The fourth-order valence-corrected chi connectivity index (χ4v) is 6.28. The molecule has 3 fully saturated rings. The molecule has 4 rings (SSSR count). The molecule has 36 heavy (non-hydrogen) atoms. The van der Waals surface area contributed by atoms with Crippen LogP contribution in [0.2, 0.25) is 0 Å². The van der Waals surface area contributed by atoms with Crippen LogP contribution in [-0.4, -0.2) is 71.3 Å². The number of ether oxygens (including phenoxy) is 2. The van der Waals surface area contributed by atoms with Gasteiger partial charge in [-0.05, 0) is 50.3 Å². The minimum atomic E-state index is -1.16. The number of aliphatic hydroxyl groups is 1. The van der Waals surface area contributed by atoms with Gasteiger partial charge in [-0.2, -0.15) is 0 Å². The van der Waals surface area contributed by atoms with E-state index in [2.05, 4.69) is 13.2 Å². The molecule has 194 valence electrons. The summed E-state index contributed by atoms with van der Waals surface area (Å²) in [6, 6.07) is 4.32. The van der Waals surface area contributed by atoms with E-state index in [1.165, 1.54) is 11.0 Å². The van der Waals surface area contributed by atoms with E-state index < -0.39 is 41.6 Å². The van der Waals surface area contributed by atoms with Gasteiger partial charge in [-0.1, -0.05) is 37.8 Å². The van der Waals surface area contributed by atoms with E-state index in [1.54, 1.807) is 11.0 Å². The van der Waals surface area contributed by atoms with Crippen molar-refractivity contribution in [2.45, 2.75) is 63.8 Å². The number of aliphatic hydroxyl groups excluding tert-OH is 1. The Morgan fingerprint density at radius 3 is 2.72 bits per heavy atom. The maximum atomic E-state index is 14.5. The van der Waals surface area contributed by atoms with E-state index in [9.17, 15) is 19.5 Å². The third-order valence-electron chi connectivity index (χ3n) is 7.90. The molecule has 8 nitrogen and oxygen atoms in total. The molecule has 1 aromatic carbocycles. The standard InChI is InChI=1S/C28H36N2O6/c1-6-13-29(20-15-17(4)9-10-18(20)5)26(33)24-28-12-11-21(36-28)22(27(34)35-14-7-2)23(28)25(32)30(24)19(8-3)16-31/h6-7,9-10,15,19,21-24,31H,1-2,8,11-14,16H2,3-5H3/t19-,21+,22-,23-,24?,28?/m0/s1. The van der Waals surface area contributed by atoms with Crippen molar-refractivity contribution in [3.8, 4) is 0 Å². The van der Waals surface area contributed by atoms with Crippen LogP contribution in [-0.2, 0) is 23.9 Å². The first-order valence-corrected chi connectivity index (χ1v) is 12.6. The Hall–Kier alpha value is -2.97. The summed E-state index contributed by atoms with van der Waals surface area (Å²) in [4.78, 5) is 44.6. The van der Waals surface area contributed by atoms with E-state index in [0.29, 0.717) is 19.3 Å². The highest BCUT2D eigenvalue weighted by Gasteiger charge is 2.75. The van der Waals surface area contributed by atoms with Crippen LogP contribution in [0.1, 0.15) is 37.3 Å². The normalized spacial score (nSPS) is 29.1. The predicted molar refractivity (Wildman–Crippen MR) is 135 cm³/mol. The van der Waals surface area contributed by atoms with Gasteiger partial charge in [0.1, 0.15) is 18.2 Å². The summed E-state index contributed by atoms with van der Waals surface area (Å²) in [5, 5.41) is 10.2. The predicted octanol–water partition coefficient (Wildman–Crippen LogP) is 2.70. The zero-order chi connectivity index (χ0) is 26.2. The molecule has 6 atom stereocenters. The van der Waals surface area contributed by atoms with E-state index in [-0.39, 0.29) is 31.6 Å². The monoisotopic (exact) mass is 496 g/mol. The molecule has 3 aliphatic heterocycles. The van der Waals surface area contributed by atoms with Gasteiger partial charge < -0.3 is 24.4 Å². The summed E-state index contributed by atoms with van der Waals surface area (Å²) >= 11 is 0. The van der Waals surface area contributed by atoms with Crippen LogP contribution in [0.4, 0.5) is 5.69 Å². The number of hydrogen-bond donors (Lipinski definition) is 1. The van der Waals surface area contributed by atoms with E-state index >= 15 is 0 Å². The maximum absolute atomic E-state index is 14.5. The first-order valence-electron chi connectivity index (χ1n) is 12.6. The summed E-state index contributed by atoms with van der Waals surface area (Å²) < 4.78 is 11.8. The second kappa shape index (κ2) is 10.2. The minimum absolute atomic E-state index is 0.0377. The molecule has 3 saturated heterocycles. The molecule has 3 heterocycles. The molecular weight excluding hydrogens is 460 g/mol. The van der Waals surface area contributed by atoms with Crippen LogP contribution < -0.4 is 4.90 Å². The molecule has 2 bridgehead atoms. The van der Waals surface area contributed by atoms with Crippen molar-refractivity contribution in [2.75, 3.05) is 24.7 Å². The third kappa shape index (κ3) is 3.96. The lowest BCUT2D eigenvalue weighted by atomic mass is 9.70. The average molecular weight is 497 g/mol. The summed E-state index contributed by atoms with van der Waals surface area (Å²) in [5.41, 5.74) is 1.49. The Morgan fingerprint density at radius 1 is 1.33 bits per heavy atom. The van der Waals surface area contributed by atoms with Gasteiger partial charge in [-0.3, -0.25) is 14.4 Å². The molecule has 0 aliphatic carbocycles. The molecule has 2 unspecified atom stereocenters. The number of likely N-dealkylation sites (tertiary alicyclic amines) is 1. The van der Waals surface area contributed by atoms with Crippen LogP contribution in [0, 0.1) is 25.7 Å². The first-order chi connectivity index (χ1) is 17.2. The number of aryl methyl sites for hydroxylation is 2. The van der Waals surface area contributed by atoms with Crippen LogP contribution in [0.25, 0.3) is 0 Å². The number of carbonyl (C=O) groups is 3. The number of benzene rings is 1. The number of nitrogens with zero attached hydrogens (tertiary/aromatic N) is 2. The average Bonchev–Trinajstić information content (AvgIpc) is 3.51. The highest BCUT2D eigenvalue weighted by molar-refractivity contribution is 6.05. The van der Waals surface area contributed by atoms with E-state index in [0.717, 1.165) is 16.8 Å². The van der Waals surface area contributed by atoms with E-state index in [4.69, 9.17) is 9.47 Å². The van der Waals surface area contributed by atoms with Crippen molar-refractivity contribution in [2.24, 2.45) is 11.8 Å². The molecule has 8 heteroatoms. The summed E-state index contributed by atoms with van der Waals surface area (Å²) in [5.74, 6) is -2.78. The lowest BCUT2D eigenvalue weighted by Gasteiger charge is -2.39. The quantitative estimate of drug-likeness (QED) is 0.395. The topological polar surface area (TPSA) is 96.4 Å². The summed E-state index contributed by atoms with van der Waals surface area (Å²) in [6.07, 6.45) is 4.12. The van der Waals surface area contributed by atoms with Gasteiger partial charge in [0.15, 0.2) is 0 Å². The van der Waals surface area contributed by atoms with Gasteiger partial charge >= 0.3 is 5.97 Å². The lowest BCUT2D eigenvalue weighted by Crippen LogP contribution is -2.59. The SMILES string of the molecule is C=CCOC(=O)[C@@H]1[C@H]2C(=O)N([C@@H](CC)CO)C(C(=O)N(CC=C)c3cc(C)ccc3C)C23CC[C@H]1O3. The minimum Gasteiger partial charge on any atom is -0.461 e. The zero-order valence-electron chi connectivity index (χ0n) is 21.3. The van der Waals surface area contributed by atoms with E-state index in [1.807, 2.05) is 39.0 Å². The summed E-state index contributed by atoms with van der Waals surface area (Å²) in [7, 11) is 0. The second-order valence-electron chi connectivity index (χ2n) is 9.99. The zero-order valence-corrected chi connectivity index (χ0v) is 21.3.